The van der Waals surface area contributed by atoms with Crippen molar-refractivity contribution in [2.45, 2.75) is 12.5 Å². The van der Waals surface area contributed by atoms with Crippen LogP contribution < -0.4 is 15.6 Å². The second kappa shape index (κ2) is 7.55. The van der Waals surface area contributed by atoms with E-state index in [1.54, 1.807) is 23.8 Å². The van der Waals surface area contributed by atoms with Crippen LogP contribution in [0.2, 0.25) is 0 Å². The van der Waals surface area contributed by atoms with Crippen LogP contribution in [0.5, 0.6) is 5.75 Å². The number of rotatable bonds is 6. The quantitative estimate of drug-likeness (QED) is 0.507. The number of nitrogens with zero attached hydrogens (tertiary/aromatic N) is 7. The molecule has 0 saturated carbocycles. The van der Waals surface area contributed by atoms with E-state index in [0.29, 0.717) is 24.3 Å². The van der Waals surface area contributed by atoms with Crippen LogP contribution in [0.15, 0.2) is 47.5 Å². The number of hydrogen-bond donors (Lipinski definition) is 1. The Morgan fingerprint density at radius 2 is 1.97 bits per heavy atom. The van der Waals surface area contributed by atoms with E-state index in [2.05, 4.69) is 32.6 Å². The summed E-state index contributed by atoms with van der Waals surface area (Å²) in [5.41, 5.74) is 2.68. The van der Waals surface area contributed by atoms with Crippen molar-refractivity contribution in [3.8, 4) is 17.0 Å². The average Bonchev–Trinajstić information content (AvgIpc) is 3.31. The fourth-order valence-electron chi connectivity index (χ4n) is 3.72. The van der Waals surface area contributed by atoms with E-state index in [1.165, 1.54) is 10.7 Å². The smallest absolute Gasteiger partial charge is 0.266 e. The monoisotopic (exact) mass is 420 g/mol. The lowest BCUT2D eigenvalue weighted by molar-refractivity contribution is 0.0771. The summed E-state index contributed by atoms with van der Waals surface area (Å²) in [4.78, 5) is 13.8. The van der Waals surface area contributed by atoms with Gasteiger partial charge in [0.25, 0.3) is 5.56 Å². The number of nitrogens with one attached hydrogen (secondary N) is 1. The van der Waals surface area contributed by atoms with Crippen molar-refractivity contribution in [1.82, 2.24) is 34.1 Å². The second-order valence-electron chi connectivity index (χ2n) is 7.83. The summed E-state index contributed by atoms with van der Waals surface area (Å²) in [6.45, 7) is 1.78. The van der Waals surface area contributed by atoms with Gasteiger partial charge in [0, 0.05) is 44.0 Å². The Hall–Kier alpha value is -3.66. The summed E-state index contributed by atoms with van der Waals surface area (Å²) in [6, 6.07) is 9.53. The van der Waals surface area contributed by atoms with Gasteiger partial charge in [0.15, 0.2) is 17.4 Å². The minimum Gasteiger partial charge on any atom is -0.488 e. The Balaban J connectivity index is 1.40. The van der Waals surface area contributed by atoms with Gasteiger partial charge in [0.05, 0.1) is 11.7 Å². The molecule has 0 unspecified atom stereocenters. The summed E-state index contributed by atoms with van der Waals surface area (Å²) in [5.74, 6) is 1.96. The van der Waals surface area contributed by atoms with Crippen LogP contribution in [0.25, 0.3) is 16.8 Å². The number of ether oxygens (including phenoxy) is 1. The van der Waals surface area contributed by atoms with Crippen molar-refractivity contribution in [1.29, 1.82) is 0 Å². The molecule has 160 valence electrons. The Morgan fingerprint density at radius 1 is 1.10 bits per heavy atom. The van der Waals surface area contributed by atoms with Crippen molar-refractivity contribution >= 4 is 17.2 Å². The number of fused-ring (bicyclic) bond motifs is 1. The minimum atomic E-state index is -0.164. The highest BCUT2D eigenvalue weighted by atomic mass is 16.5. The van der Waals surface area contributed by atoms with Gasteiger partial charge in [-0.1, -0.05) is 0 Å². The third-order valence-corrected chi connectivity index (χ3v) is 5.73. The van der Waals surface area contributed by atoms with Crippen molar-refractivity contribution in [3.63, 3.8) is 0 Å². The molecule has 1 atom stereocenters. The van der Waals surface area contributed by atoms with Crippen molar-refractivity contribution in [2.24, 2.45) is 14.1 Å². The van der Waals surface area contributed by atoms with Crippen molar-refractivity contribution in [3.05, 3.63) is 53.1 Å². The molecule has 0 bridgehead atoms. The maximum absolute atomic E-state index is 11.5. The first-order valence-electron chi connectivity index (χ1n) is 10.1. The maximum atomic E-state index is 11.5. The van der Waals surface area contributed by atoms with Gasteiger partial charge in [-0.15, -0.1) is 0 Å². The zero-order valence-corrected chi connectivity index (χ0v) is 17.7. The summed E-state index contributed by atoms with van der Waals surface area (Å²) in [5, 5.41) is 16.3. The van der Waals surface area contributed by atoms with Crippen molar-refractivity contribution in [2.75, 3.05) is 25.5 Å². The second-order valence-corrected chi connectivity index (χ2v) is 7.83. The first-order valence-corrected chi connectivity index (χ1v) is 10.1. The zero-order valence-electron chi connectivity index (χ0n) is 17.7. The Morgan fingerprint density at radius 3 is 2.71 bits per heavy atom. The molecular weight excluding hydrogens is 396 g/mol. The molecule has 5 heterocycles. The van der Waals surface area contributed by atoms with Gasteiger partial charge in [-0.05, 0) is 38.2 Å². The molecule has 10 heteroatoms. The van der Waals surface area contributed by atoms with E-state index in [-0.39, 0.29) is 5.56 Å². The molecule has 0 radical (unpaired) electrons. The summed E-state index contributed by atoms with van der Waals surface area (Å²) in [6.07, 6.45) is 4.83. The van der Waals surface area contributed by atoms with Crippen LogP contribution in [0.4, 0.5) is 11.6 Å². The predicted octanol–water partition coefficient (Wildman–Crippen LogP) is 1.65. The van der Waals surface area contributed by atoms with E-state index in [4.69, 9.17) is 4.74 Å². The molecule has 0 amide bonds. The standard InChI is InChI=1S/C21H24N8O2/c1-26-8-7-15(26)13-31-17-12-22-28(3)21(17)14-6-9-29-16(10-14)11-19(25-29)23-18-4-5-20(30)27(2)24-18/h4-6,9-12,15H,7-8,13H2,1-3H3,(H,23,24,25)/t15-/m1/s1. The van der Waals surface area contributed by atoms with Gasteiger partial charge in [-0.25, -0.2) is 9.20 Å². The topological polar surface area (TPSA) is 94.5 Å². The van der Waals surface area contributed by atoms with Crippen LogP contribution in [0, 0.1) is 0 Å². The van der Waals surface area contributed by atoms with Crippen LogP contribution in [-0.4, -0.2) is 60.3 Å². The molecule has 1 fully saturated rings. The zero-order chi connectivity index (χ0) is 21.5. The number of aryl methyl sites for hydroxylation is 2. The number of likely N-dealkylation sites (tertiary alicyclic amines) is 1. The highest BCUT2D eigenvalue weighted by Crippen LogP contribution is 2.31. The van der Waals surface area contributed by atoms with Crippen LogP contribution in [0.1, 0.15) is 6.42 Å². The van der Waals surface area contributed by atoms with E-state index in [9.17, 15) is 4.79 Å². The van der Waals surface area contributed by atoms with Gasteiger partial charge in [0.1, 0.15) is 12.3 Å². The molecule has 1 saturated heterocycles. The Labute approximate surface area is 178 Å². The molecule has 31 heavy (non-hydrogen) atoms. The molecule has 0 spiro atoms. The normalized spacial score (nSPS) is 16.4. The Kier molecular flexibility index (Phi) is 4.70. The Bertz CT molecular complexity index is 1300. The third-order valence-electron chi connectivity index (χ3n) is 5.73. The van der Waals surface area contributed by atoms with Crippen LogP contribution in [0.3, 0.4) is 0 Å². The molecule has 1 aliphatic rings. The van der Waals surface area contributed by atoms with Gasteiger partial charge in [-0.2, -0.15) is 15.3 Å². The number of hydrogen-bond acceptors (Lipinski definition) is 7. The molecule has 1 N–H and O–H groups in total. The van der Waals surface area contributed by atoms with Gasteiger partial charge >= 0.3 is 0 Å². The number of anilines is 2. The summed E-state index contributed by atoms with van der Waals surface area (Å²) >= 11 is 0. The van der Waals surface area contributed by atoms with Crippen molar-refractivity contribution < 1.29 is 4.74 Å². The maximum Gasteiger partial charge on any atom is 0.266 e. The predicted molar refractivity (Wildman–Crippen MR) is 117 cm³/mol. The first kappa shape index (κ1) is 19.3. The number of likely N-dealkylation sites (N-methyl/N-ethyl adjacent to an activating group) is 1. The van der Waals surface area contributed by atoms with Crippen LogP contribution >= 0.6 is 0 Å². The third kappa shape index (κ3) is 3.66. The molecule has 0 aromatic carbocycles. The average molecular weight is 420 g/mol. The lowest BCUT2D eigenvalue weighted by Gasteiger charge is -2.37. The van der Waals surface area contributed by atoms with E-state index in [0.717, 1.165) is 35.5 Å². The largest absolute Gasteiger partial charge is 0.488 e. The lowest BCUT2D eigenvalue weighted by atomic mass is 10.1. The minimum absolute atomic E-state index is 0.164. The molecule has 10 nitrogen and oxygen atoms in total. The highest BCUT2D eigenvalue weighted by molar-refractivity contribution is 5.72. The van der Waals surface area contributed by atoms with Gasteiger partial charge < -0.3 is 10.1 Å². The number of pyridine rings is 1. The fraction of sp³-hybridized carbons (Fsp3) is 0.333. The first-order chi connectivity index (χ1) is 15.0. The van der Waals surface area contributed by atoms with E-state index >= 15 is 0 Å². The summed E-state index contributed by atoms with van der Waals surface area (Å²) in [7, 11) is 5.64. The number of aromatic nitrogens is 6. The summed E-state index contributed by atoms with van der Waals surface area (Å²) < 4.78 is 11.0. The fourth-order valence-corrected chi connectivity index (χ4v) is 3.72. The molecule has 4 aromatic heterocycles. The lowest BCUT2D eigenvalue weighted by Crippen LogP contribution is -2.48. The van der Waals surface area contributed by atoms with E-state index in [1.807, 2.05) is 36.1 Å². The van der Waals surface area contributed by atoms with Gasteiger partial charge in [-0.3, -0.25) is 14.4 Å². The molecular formula is C21H24N8O2. The van der Waals surface area contributed by atoms with E-state index < -0.39 is 0 Å². The SMILES string of the molecule is CN1CC[C@@H]1COc1cnn(C)c1-c1ccn2nc(Nc3ccc(=O)n(C)n3)cc2c1. The molecule has 4 aromatic rings. The molecule has 1 aliphatic heterocycles. The van der Waals surface area contributed by atoms with Crippen LogP contribution in [-0.2, 0) is 14.1 Å². The van der Waals surface area contributed by atoms with Gasteiger partial charge in [0.2, 0.25) is 0 Å². The molecule has 0 aliphatic carbocycles. The molecule has 5 rings (SSSR count). The highest BCUT2D eigenvalue weighted by Gasteiger charge is 2.25.